The molecule has 0 saturated carbocycles. The van der Waals surface area contributed by atoms with E-state index in [1.807, 2.05) is 0 Å². The van der Waals surface area contributed by atoms with E-state index in [1.54, 1.807) is 30.6 Å². The van der Waals surface area contributed by atoms with E-state index in [0.29, 0.717) is 5.69 Å². The number of anilines is 1. The standard InChI is InChI=1S/C9H8FN3/c10-7-3-1-4-8(9(7)11)13-6-2-5-12-13/h1-6H,11H2. The molecule has 2 aromatic rings. The molecule has 2 rings (SSSR count). The Hall–Kier alpha value is -1.84. The van der Waals surface area contributed by atoms with Crippen molar-refractivity contribution in [1.29, 1.82) is 0 Å². The summed E-state index contributed by atoms with van der Waals surface area (Å²) >= 11 is 0. The van der Waals surface area contributed by atoms with Crippen molar-refractivity contribution >= 4 is 5.69 Å². The fourth-order valence-corrected chi connectivity index (χ4v) is 1.14. The van der Waals surface area contributed by atoms with E-state index in [-0.39, 0.29) is 5.69 Å². The molecule has 0 aliphatic carbocycles. The number of hydrogen-bond donors (Lipinski definition) is 1. The predicted molar refractivity (Wildman–Crippen MR) is 47.9 cm³/mol. The number of para-hydroxylation sites is 1. The number of benzene rings is 1. The van der Waals surface area contributed by atoms with Gasteiger partial charge in [0.1, 0.15) is 5.82 Å². The molecule has 0 fully saturated rings. The summed E-state index contributed by atoms with van der Waals surface area (Å²) in [4.78, 5) is 0. The number of nitrogen functional groups attached to an aromatic ring is 1. The lowest BCUT2D eigenvalue weighted by Gasteiger charge is -2.05. The number of hydrogen-bond acceptors (Lipinski definition) is 2. The Kier molecular flexibility index (Phi) is 1.73. The van der Waals surface area contributed by atoms with Gasteiger partial charge in [0, 0.05) is 12.4 Å². The van der Waals surface area contributed by atoms with Crippen LogP contribution in [0.4, 0.5) is 10.1 Å². The molecule has 0 spiro atoms. The highest BCUT2D eigenvalue weighted by Crippen LogP contribution is 2.18. The normalized spacial score (nSPS) is 10.2. The summed E-state index contributed by atoms with van der Waals surface area (Å²) in [5, 5.41) is 3.96. The van der Waals surface area contributed by atoms with E-state index in [9.17, 15) is 4.39 Å². The van der Waals surface area contributed by atoms with Gasteiger partial charge in [-0.1, -0.05) is 6.07 Å². The van der Waals surface area contributed by atoms with Crippen molar-refractivity contribution in [1.82, 2.24) is 9.78 Å². The second-order valence-corrected chi connectivity index (χ2v) is 2.62. The van der Waals surface area contributed by atoms with Crippen LogP contribution < -0.4 is 5.73 Å². The van der Waals surface area contributed by atoms with E-state index in [2.05, 4.69) is 5.10 Å². The topological polar surface area (TPSA) is 43.8 Å². The summed E-state index contributed by atoms with van der Waals surface area (Å²) < 4.78 is 14.5. The zero-order valence-electron chi connectivity index (χ0n) is 6.81. The Morgan fingerprint density at radius 2 is 2.15 bits per heavy atom. The summed E-state index contributed by atoms with van der Waals surface area (Å²) in [6.07, 6.45) is 3.33. The van der Waals surface area contributed by atoms with Gasteiger partial charge in [0.2, 0.25) is 0 Å². The predicted octanol–water partition coefficient (Wildman–Crippen LogP) is 1.59. The van der Waals surface area contributed by atoms with E-state index in [1.165, 1.54) is 10.7 Å². The number of nitrogens with two attached hydrogens (primary N) is 1. The molecule has 0 radical (unpaired) electrons. The van der Waals surface area contributed by atoms with Gasteiger partial charge in [-0.05, 0) is 18.2 Å². The molecule has 1 aromatic heterocycles. The van der Waals surface area contributed by atoms with Gasteiger partial charge >= 0.3 is 0 Å². The summed E-state index contributed by atoms with van der Waals surface area (Å²) in [7, 11) is 0. The van der Waals surface area contributed by atoms with Gasteiger partial charge in [0.15, 0.2) is 0 Å². The van der Waals surface area contributed by atoms with Crippen LogP contribution >= 0.6 is 0 Å². The molecule has 0 atom stereocenters. The van der Waals surface area contributed by atoms with Crippen molar-refractivity contribution in [2.45, 2.75) is 0 Å². The van der Waals surface area contributed by atoms with Gasteiger partial charge < -0.3 is 5.73 Å². The lowest BCUT2D eigenvalue weighted by molar-refractivity contribution is 0.630. The molecule has 3 nitrogen and oxygen atoms in total. The zero-order chi connectivity index (χ0) is 9.26. The van der Waals surface area contributed by atoms with Crippen molar-refractivity contribution in [2.24, 2.45) is 0 Å². The fourth-order valence-electron chi connectivity index (χ4n) is 1.14. The molecule has 0 unspecified atom stereocenters. The number of halogens is 1. The van der Waals surface area contributed by atoms with Crippen molar-refractivity contribution in [3.05, 3.63) is 42.5 Å². The van der Waals surface area contributed by atoms with Crippen LogP contribution in [-0.4, -0.2) is 9.78 Å². The van der Waals surface area contributed by atoms with Crippen LogP contribution in [0.5, 0.6) is 0 Å². The second kappa shape index (κ2) is 2.90. The minimum atomic E-state index is -0.423. The summed E-state index contributed by atoms with van der Waals surface area (Å²) in [5.74, 6) is -0.423. The Morgan fingerprint density at radius 3 is 2.85 bits per heavy atom. The third-order valence-corrected chi connectivity index (χ3v) is 1.78. The Labute approximate surface area is 74.6 Å². The Balaban J connectivity index is 2.59. The number of aromatic nitrogens is 2. The maximum absolute atomic E-state index is 13.0. The van der Waals surface area contributed by atoms with Crippen LogP contribution in [0.15, 0.2) is 36.7 Å². The maximum atomic E-state index is 13.0. The van der Waals surface area contributed by atoms with Crippen LogP contribution in [-0.2, 0) is 0 Å². The molecule has 1 heterocycles. The van der Waals surface area contributed by atoms with E-state index >= 15 is 0 Å². The maximum Gasteiger partial charge on any atom is 0.148 e. The SMILES string of the molecule is Nc1c(F)cccc1-n1cccn1. The average molecular weight is 177 g/mol. The first-order valence-electron chi connectivity index (χ1n) is 3.83. The summed E-state index contributed by atoms with van der Waals surface area (Å²) in [5.41, 5.74) is 6.22. The monoisotopic (exact) mass is 177 g/mol. The Morgan fingerprint density at radius 1 is 1.31 bits per heavy atom. The average Bonchev–Trinajstić information content (AvgIpc) is 2.62. The molecule has 2 N–H and O–H groups in total. The third kappa shape index (κ3) is 1.26. The first kappa shape index (κ1) is 7.79. The largest absolute Gasteiger partial charge is 0.395 e. The molecule has 1 aromatic carbocycles. The van der Waals surface area contributed by atoms with Gasteiger partial charge in [0.25, 0.3) is 0 Å². The van der Waals surface area contributed by atoms with Gasteiger partial charge in [0.05, 0.1) is 11.4 Å². The second-order valence-electron chi connectivity index (χ2n) is 2.62. The van der Waals surface area contributed by atoms with Crippen LogP contribution in [0.3, 0.4) is 0 Å². The van der Waals surface area contributed by atoms with Crippen molar-refractivity contribution < 1.29 is 4.39 Å². The van der Waals surface area contributed by atoms with Crippen molar-refractivity contribution in [3.63, 3.8) is 0 Å². The van der Waals surface area contributed by atoms with Crippen LogP contribution in [0.1, 0.15) is 0 Å². The molecule has 0 aliphatic rings. The van der Waals surface area contributed by atoms with Gasteiger partial charge in [-0.2, -0.15) is 5.10 Å². The van der Waals surface area contributed by atoms with E-state index < -0.39 is 5.82 Å². The third-order valence-electron chi connectivity index (χ3n) is 1.78. The highest BCUT2D eigenvalue weighted by molar-refractivity contribution is 5.57. The molecule has 66 valence electrons. The first-order valence-corrected chi connectivity index (χ1v) is 3.83. The molecule has 0 bridgehead atoms. The molecule has 0 saturated heterocycles. The number of nitrogens with zero attached hydrogens (tertiary/aromatic N) is 2. The molecule has 0 aliphatic heterocycles. The molecule has 0 amide bonds. The van der Waals surface area contributed by atoms with Crippen LogP contribution in [0.25, 0.3) is 5.69 Å². The highest BCUT2D eigenvalue weighted by Gasteiger charge is 2.05. The lowest BCUT2D eigenvalue weighted by Crippen LogP contribution is -2.01. The van der Waals surface area contributed by atoms with Crippen LogP contribution in [0.2, 0.25) is 0 Å². The lowest BCUT2D eigenvalue weighted by atomic mass is 10.2. The quantitative estimate of drug-likeness (QED) is 0.672. The molecule has 4 heteroatoms. The van der Waals surface area contributed by atoms with E-state index in [4.69, 9.17) is 5.73 Å². The minimum Gasteiger partial charge on any atom is -0.395 e. The smallest absolute Gasteiger partial charge is 0.148 e. The van der Waals surface area contributed by atoms with Gasteiger partial charge in [-0.15, -0.1) is 0 Å². The first-order chi connectivity index (χ1) is 6.29. The highest BCUT2D eigenvalue weighted by atomic mass is 19.1. The summed E-state index contributed by atoms with van der Waals surface area (Å²) in [6.45, 7) is 0. The molecule has 13 heavy (non-hydrogen) atoms. The van der Waals surface area contributed by atoms with Crippen molar-refractivity contribution in [3.8, 4) is 5.69 Å². The van der Waals surface area contributed by atoms with Crippen molar-refractivity contribution in [2.75, 3.05) is 5.73 Å². The minimum absolute atomic E-state index is 0.117. The Bertz CT molecular complexity index is 409. The zero-order valence-corrected chi connectivity index (χ0v) is 6.81. The molecular weight excluding hydrogens is 169 g/mol. The molecular formula is C9H8FN3. The fraction of sp³-hybridized carbons (Fsp3) is 0. The van der Waals surface area contributed by atoms with Gasteiger partial charge in [-0.3, -0.25) is 0 Å². The van der Waals surface area contributed by atoms with E-state index in [0.717, 1.165) is 0 Å². The van der Waals surface area contributed by atoms with Gasteiger partial charge in [-0.25, -0.2) is 9.07 Å². The summed E-state index contributed by atoms with van der Waals surface area (Å²) in [6, 6.07) is 6.39. The number of rotatable bonds is 1. The van der Waals surface area contributed by atoms with Crippen LogP contribution in [0, 0.1) is 5.82 Å².